The number of hydrogen-bond acceptors (Lipinski definition) is 3. The summed E-state index contributed by atoms with van der Waals surface area (Å²) in [5.41, 5.74) is 8.22. The van der Waals surface area contributed by atoms with Crippen molar-refractivity contribution < 1.29 is 0 Å². The average molecular weight is 355 g/mol. The second-order valence-electron chi connectivity index (χ2n) is 4.69. The highest BCUT2D eigenvalue weighted by Crippen LogP contribution is 2.30. The van der Waals surface area contributed by atoms with Crippen LogP contribution in [0.2, 0.25) is 5.02 Å². The Morgan fingerprint density at radius 1 is 1.40 bits per heavy atom. The van der Waals surface area contributed by atoms with Gasteiger partial charge in [-0.1, -0.05) is 33.6 Å². The monoisotopic (exact) mass is 353 g/mol. The molecule has 1 aromatic carbocycles. The van der Waals surface area contributed by atoms with Crippen molar-refractivity contribution in [1.82, 2.24) is 9.88 Å². The molecule has 3 nitrogen and oxygen atoms in total. The molecule has 2 rings (SSSR count). The van der Waals surface area contributed by atoms with Crippen LogP contribution in [0.5, 0.6) is 0 Å². The van der Waals surface area contributed by atoms with Crippen molar-refractivity contribution in [2.24, 2.45) is 5.73 Å². The van der Waals surface area contributed by atoms with E-state index >= 15 is 0 Å². The highest BCUT2D eigenvalue weighted by molar-refractivity contribution is 9.10. The van der Waals surface area contributed by atoms with E-state index in [0.717, 1.165) is 27.2 Å². The van der Waals surface area contributed by atoms with Crippen molar-refractivity contribution in [3.05, 3.63) is 63.3 Å². The molecule has 0 aliphatic rings. The summed E-state index contributed by atoms with van der Waals surface area (Å²) in [6.07, 6.45) is 3.65. The molecule has 0 spiro atoms. The van der Waals surface area contributed by atoms with Gasteiger partial charge in [-0.3, -0.25) is 9.88 Å². The summed E-state index contributed by atoms with van der Waals surface area (Å²) < 4.78 is 1.02. The number of nitrogens with two attached hydrogens (primary N) is 1. The smallest absolute Gasteiger partial charge is 0.0482 e. The second-order valence-corrected chi connectivity index (χ2v) is 5.98. The molecule has 0 radical (unpaired) electrons. The Hall–Kier alpha value is -0.940. The van der Waals surface area contributed by atoms with Crippen molar-refractivity contribution in [2.75, 3.05) is 13.6 Å². The van der Waals surface area contributed by atoms with Crippen molar-refractivity contribution >= 4 is 27.5 Å². The van der Waals surface area contributed by atoms with E-state index in [9.17, 15) is 0 Å². The van der Waals surface area contributed by atoms with Gasteiger partial charge in [-0.15, -0.1) is 0 Å². The minimum Gasteiger partial charge on any atom is -0.329 e. The highest BCUT2D eigenvalue weighted by Gasteiger charge is 2.18. The maximum absolute atomic E-state index is 6.09. The lowest BCUT2D eigenvalue weighted by Gasteiger charge is -2.28. The SMILES string of the molecule is CN(Cc1cccnc1)C(CN)c1cc(Cl)ccc1Br. The van der Waals surface area contributed by atoms with Gasteiger partial charge >= 0.3 is 0 Å². The molecule has 0 aliphatic heterocycles. The highest BCUT2D eigenvalue weighted by atomic mass is 79.9. The van der Waals surface area contributed by atoms with Crippen LogP contribution in [-0.2, 0) is 6.54 Å². The van der Waals surface area contributed by atoms with Gasteiger partial charge in [0.2, 0.25) is 0 Å². The average Bonchev–Trinajstić information content (AvgIpc) is 2.44. The fraction of sp³-hybridized carbons (Fsp3) is 0.267. The Balaban J connectivity index is 2.21. The Morgan fingerprint density at radius 2 is 2.20 bits per heavy atom. The van der Waals surface area contributed by atoms with Crippen LogP contribution >= 0.6 is 27.5 Å². The minimum absolute atomic E-state index is 0.100. The number of halogens is 2. The lowest BCUT2D eigenvalue weighted by atomic mass is 10.1. The molecule has 0 amide bonds. The molecule has 2 aromatic rings. The second kappa shape index (κ2) is 7.18. The largest absolute Gasteiger partial charge is 0.329 e. The molecule has 5 heteroatoms. The Labute approximate surface area is 132 Å². The van der Waals surface area contributed by atoms with E-state index in [2.05, 4.69) is 38.9 Å². The lowest BCUT2D eigenvalue weighted by molar-refractivity contribution is 0.241. The van der Waals surface area contributed by atoms with Crippen LogP contribution < -0.4 is 5.73 Å². The Kier molecular flexibility index (Phi) is 5.54. The van der Waals surface area contributed by atoms with Crippen LogP contribution in [0.4, 0.5) is 0 Å². The molecule has 0 saturated carbocycles. The number of benzene rings is 1. The zero-order valence-corrected chi connectivity index (χ0v) is 13.6. The van der Waals surface area contributed by atoms with Gasteiger partial charge in [-0.05, 0) is 42.4 Å². The first-order valence-electron chi connectivity index (χ1n) is 6.36. The van der Waals surface area contributed by atoms with Crippen LogP contribution in [0.15, 0.2) is 47.2 Å². The van der Waals surface area contributed by atoms with Gasteiger partial charge < -0.3 is 5.73 Å². The third kappa shape index (κ3) is 3.79. The van der Waals surface area contributed by atoms with Crippen LogP contribution in [0.3, 0.4) is 0 Å². The topological polar surface area (TPSA) is 42.2 Å². The standard InChI is InChI=1S/C15H17BrClN3/c1-20(10-11-3-2-6-19-9-11)15(8-18)13-7-12(17)4-5-14(13)16/h2-7,9,15H,8,10,18H2,1H3. The van der Waals surface area contributed by atoms with Crippen molar-refractivity contribution in [3.63, 3.8) is 0 Å². The third-order valence-electron chi connectivity index (χ3n) is 3.23. The van der Waals surface area contributed by atoms with E-state index in [1.807, 2.05) is 30.5 Å². The fourth-order valence-electron chi connectivity index (χ4n) is 2.20. The Morgan fingerprint density at radius 3 is 2.85 bits per heavy atom. The Bertz CT molecular complexity index is 562. The minimum atomic E-state index is 0.100. The maximum Gasteiger partial charge on any atom is 0.0482 e. The van der Waals surface area contributed by atoms with E-state index in [-0.39, 0.29) is 6.04 Å². The number of likely N-dealkylation sites (N-methyl/N-ethyl adjacent to an activating group) is 1. The van der Waals surface area contributed by atoms with Crippen molar-refractivity contribution in [1.29, 1.82) is 0 Å². The summed E-state index contributed by atoms with van der Waals surface area (Å²) in [7, 11) is 2.05. The van der Waals surface area contributed by atoms with Gasteiger partial charge in [0.25, 0.3) is 0 Å². The van der Waals surface area contributed by atoms with E-state index < -0.39 is 0 Å². The first kappa shape index (κ1) is 15.4. The summed E-state index contributed by atoms with van der Waals surface area (Å²) in [6.45, 7) is 1.31. The molecule has 2 N–H and O–H groups in total. The summed E-state index contributed by atoms with van der Waals surface area (Å²) >= 11 is 9.66. The molecule has 1 heterocycles. The predicted molar refractivity (Wildman–Crippen MR) is 86.7 cm³/mol. The quantitative estimate of drug-likeness (QED) is 0.891. The van der Waals surface area contributed by atoms with Gasteiger partial charge in [-0.2, -0.15) is 0 Å². The van der Waals surface area contributed by atoms with Gasteiger partial charge in [0.05, 0.1) is 0 Å². The normalized spacial score (nSPS) is 12.7. The number of rotatable bonds is 5. The molecular weight excluding hydrogens is 338 g/mol. The zero-order valence-electron chi connectivity index (χ0n) is 11.3. The summed E-state index contributed by atoms with van der Waals surface area (Å²) in [4.78, 5) is 6.34. The first-order chi connectivity index (χ1) is 9.61. The molecule has 1 unspecified atom stereocenters. The molecule has 0 aliphatic carbocycles. The molecule has 1 aromatic heterocycles. The van der Waals surface area contributed by atoms with Gasteiger partial charge in [0.15, 0.2) is 0 Å². The lowest BCUT2D eigenvalue weighted by Crippen LogP contribution is -2.30. The van der Waals surface area contributed by atoms with Crippen LogP contribution in [-0.4, -0.2) is 23.5 Å². The predicted octanol–water partition coefficient (Wildman–Crippen LogP) is 3.63. The third-order valence-corrected chi connectivity index (χ3v) is 4.18. The van der Waals surface area contributed by atoms with Crippen LogP contribution in [0, 0.1) is 0 Å². The van der Waals surface area contributed by atoms with Crippen LogP contribution in [0.25, 0.3) is 0 Å². The van der Waals surface area contributed by atoms with Crippen molar-refractivity contribution in [2.45, 2.75) is 12.6 Å². The van der Waals surface area contributed by atoms with Gasteiger partial charge in [-0.25, -0.2) is 0 Å². The molecule has 1 atom stereocenters. The molecule has 0 saturated heterocycles. The fourth-order valence-corrected chi connectivity index (χ4v) is 2.90. The summed E-state index contributed by atoms with van der Waals surface area (Å²) in [5.74, 6) is 0. The van der Waals surface area contributed by atoms with Crippen molar-refractivity contribution in [3.8, 4) is 0 Å². The van der Waals surface area contributed by atoms with E-state index in [1.165, 1.54) is 0 Å². The summed E-state index contributed by atoms with van der Waals surface area (Å²) in [5, 5.41) is 0.719. The van der Waals surface area contributed by atoms with Gasteiger partial charge in [0, 0.05) is 41.0 Å². The number of nitrogens with zero attached hydrogens (tertiary/aromatic N) is 2. The number of hydrogen-bond donors (Lipinski definition) is 1. The van der Waals surface area contributed by atoms with E-state index in [0.29, 0.717) is 6.54 Å². The van der Waals surface area contributed by atoms with E-state index in [1.54, 1.807) is 6.20 Å². The number of aromatic nitrogens is 1. The molecule has 0 fully saturated rings. The molecular formula is C15H17BrClN3. The van der Waals surface area contributed by atoms with Gasteiger partial charge in [0.1, 0.15) is 0 Å². The summed E-state index contributed by atoms with van der Waals surface area (Å²) in [6, 6.07) is 9.88. The van der Waals surface area contributed by atoms with Crippen LogP contribution in [0.1, 0.15) is 17.2 Å². The maximum atomic E-state index is 6.09. The first-order valence-corrected chi connectivity index (χ1v) is 7.53. The molecule has 20 heavy (non-hydrogen) atoms. The molecule has 0 bridgehead atoms. The van der Waals surface area contributed by atoms with E-state index in [4.69, 9.17) is 17.3 Å². The number of pyridine rings is 1. The molecule has 106 valence electrons. The zero-order chi connectivity index (χ0) is 14.5.